The van der Waals surface area contributed by atoms with E-state index in [1.807, 2.05) is 48.5 Å². The molecule has 2 aromatic carbocycles. The summed E-state index contributed by atoms with van der Waals surface area (Å²) in [6.45, 7) is 5.78. The number of hydrogen-bond donors (Lipinski definition) is 1. The van der Waals surface area contributed by atoms with Crippen LogP contribution < -0.4 is 4.74 Å². The minimum Gasteiger partial charge on any atom is -0.490 e. The van der Waals surface area contributed by atoms with E-state index in [0.717, 1.165) is 22.4 Å². The molecule has 0 heterocycles. The molecule has 0 aliphatic rings. The van der Waals surface area contributed by atoms with Crippen molar-refractivity contribution in [2.24, 2.45) is 0 Å². The summed E-state index contributed by atoms with van der Waals surface area (Å²) in [7, 11) is 0. The molecule has 0 radical (unpaired) electrons. The third-order valence-corrected chi connectivity index (χ3v) is 2.87. The van der Waals surface area contributed by atoms with Gasteiger partial charge in [-0.25, -0.2) is 0 Å². The van der Waals surface area contributed by atoms with Crippen molar-refractivity contribution in [2.75, 3.05) is 6.61 Å². The fourth-order valence-corrected chi connectivity index (χ4v) is 1.83. The first-order chi connectivity index (χ1) is 10.2. The molecule has 0 saturated heterocycles. The topological polar surface area (TPSA) is 29.5 Å². The van der Waals surface area contributed by atoms with Crippen LogP contribution in [0.2, 0.25) is 0 Å². The van der Waals surface area contributed by atoms with Crippen LogP contribution in [0.5, 0.6) is 5.75 Å². The SMILES string of the molecule is C=CCOc1ccc(-c2ccc(C#CC(C)O)cc2)cc1. The number of benzene rings is 2. The fraction of sp³-hybridized carbons (Fsp3) is 0.158. The number of rotatable bonds is 4. The molecule has 0 aliphatic carbocycles. The second-order valence-electron chi connectivity index (χ2n) is 4.65. The molecule has 0 fully saturated rings. The van der Waals surface area contributed by atoms with Gasteiger partial charge in [0.25, 0.3) is 0 Å². The summed E-state index contributed by atoms with van der Waals surface area (Å²) >= 11 is 0. The maximum absolute atomic E-state index is 9.14. The van der Waals surface area contributed by atoms with Crippen LogP contribution in [0, 0.1) is 11.8 Å². The summed E-state index contributed by atoms with van der Waals surface area (Å²) in [5.41, 5.74) is 3.13. The van der Waals surface area contributed by atoms with Crippen molar-refractivity contribution in [3.63, 3.8) is 0 Å². The van der Waals surface area contributed by atoms with Gasteiger partial charge in [-0.1, -0.05) is 48.8 Å². The molecule has 0 spiro atoms. The van der Waals surface area contributed by atoms with Gasteiger partial charge in [0.05, 0.1) is 0 Å². The lowest BCUT2D eigenvalue weighted by Crippen LogP contribution is -1.92. The van der Waals surface area contributed by atoms with Crippen molar-refractivity contribution in [1.82, 2.24) is 0 Å². The largest absolute Gasteiger partial charge is 0.490 e. The highest BCUT2D eigenvalue weighted by Crippen LogP contribution is 2.22. The molecule has 0 aliphatic heterocycles. The molecule has 0 aromatic heterocycles. The van der Waals surface area contributed by atoms with Gasteiger partial charge in [-0.2, -0.15) is 0 Å². The Labute approximate surface area is 125 Å². The third kappa shape index (κ3) is 4.52. The Balaban J connectivity index is 2.12. The number of aliphatic hydroxyl groups is 1. The maximum atomic E-state index is 9.14. The van der Waals surface area contributed by atoms with Gasteiger partial charge in [0.2, 0.25) is 0 Å². The Hall–Kier alpha value is -2.50. The van der Waals surface area contributed by atoms with Crippen LogP contribution in [0.15, 0.2) is 61.2 Å². The highest BCUT2D eigenvalue weighted by atomic mass is 16.5. The second kappa shape index (κ2) is 7.33. The van der Waals surface area contributed by atoms with Crippen molar-refractivity contribution < 1.29 is 9.84 Å². The van der Waals surface area contributed by atoms with Crippen LogP contribution >= 0.6 is 0 Å². The molecule has 2 nitrogen and oxygen atoms in total. The standard InChI is InChI=1S/C19H18O2/c1-3-14-21-19-12-10-18(11-13-19)17-8-6-16(7-9-17)5-4-15(2)20/h3,6-13,15,20H,1,14H2,2H3. The molecule has 1 atom stereocenters. The quantitative estimate of drug-likeness (QED) is 0.683. The minimum absolute atomic E-state index is 0.510. The number of ether oxygens (including phenoxy) is 1. The fourth-order valence-electron chi connectivity index (χ4n) is 1.83. The van der Waals surface area contributed by atoms with Crippen LogP contribution in [0.3, 0.4) is 0 Å². The molecule has 1 N–H and O–H groups in total. The molecule has 21 heavy (non-hydrogen) atoms. The first-order valence-electron chi connectivity index (χ1n) is 6.83. The molecular formula is C19H18O2. The molecule has 0 amide bonds. The van der Waals surface area contributed by atoms with Crippen LogP contribution in [-0.2, 0) is 0 Å². The van der Waals surface area contributed by atoms with Crippen LogP contribution in [0.1, 0.15) is 12.5 Å². The second-order valence-corrected chi connectivity index (χ2v) is 4.65. The van der Waals surface area contributed by atoms with Gasteiger partial charge in [0.1, 0.15) is 18.5 Å². The van der Waals surface area contributed by atoms with E-state index in [-0.39, 0.29) is 0 Å². The maximum Gasteiger partial charge on any atom is 0.119 e. The molecule has 1 unspecified atom stereocenters. The normalized spacial score (nSPS) is 11.1. The predicted molar refractivity (Wildman–Crippen MR) is 86.1 cm³/mol. The van der Waals surface area contributed by atoms with Crippen molar-refractivity contribution >= 4 is 0 Å². The Morgan fingerprint density at radius 2 is 1.67 bits per heavy atom. The average Bonchev–Trinajstić information content (AvgIpc) is 2.52. The van der Waals surface area contributed by atoms with E-state index >= 15 is 0 Å². The lowest BCUT2D eigenvalue weighted by molar-refractivity contribution is 0.253. The molecule has 2 rings (SSSR count). The van der Waals surface area contributed by atoms with Gasteiger partial charge in [0, 0.05) is 5.56 Å². The van der Waals surface area contributed by atoms with Crippen LogP contribution in [0.4, 0.5) is 0 Å². The summed E-state index contributed by atoms with van der Waals surface area (Å²) < 4.78 is 5.46. The Kier molecular flexibility index (Phi) is 5.20. The van der Waals surface area contributed by atoms with Crippen LogP contribution in [-0.4, -0.2) is 17.8 Å². The van der Waals surface area contributed by atoms with Crippen LogP contribution in [0.25, 0.3) is 11.1 Å². The monoisotopic (exact) mass is 278 g/mol. The van der Waals surface area contributed by atoms with Gasteiger partial charge in [-0.05, 0) is 42.3 Å². The van der Waals surface area contributed by atoms with E-state index in [9.17, 15) is 0 Å². The van der Waals surface area contributed by atoms with Gasteiger partial charge in [0.15, 0.2) is 0 Å². The van der Waals surface area contributed by atoms with Crippen molar-refractivity contribution in [2.45, 2.75) is 13.0 Å². The number of hydrogen-bond acceptors (Lipinski definition) is 2. The van der Waals surface area contributed by atoms with Crippen molar-refractivity contribution in [3.8, 4) is 28.7 Å². The van der Waals surface area contributed by atoms with Gasteiger partial charge in [-0.3, -0.25) is 0 Å². The van der Waals surface area contributed by atoms with E-state index in [1.165, 1.54) is 0 Å². The summed E-state index contributed by atoms with van der Waals surface area (Å²) in [4.78, 5) is 0. The average molecular weight is 278 g/mol. The van der Waals surface area contributed by atoms with E-state index in [1.54, 1.807) is 13.0 Å². The van der Waals surface area contributed by atoms with E-state index in [4.69, 9.17) is 9.84 Å². The molecular weight excluding hydrogens is 260 g/mol. The lowest BCUT2D eigenvalue weighted by atomic mass is 10.0. The number of aliphatic hydroxyl groups excluding tert-OH is 1. The van der Waals surface area contributed by atoms with E-state index < -0.39 is 6.10 Å². The van der Waals surface area contributed by atoms with E-state index in [2.05, 4.69) is 18.4 Å². The van der Waals surface area contributed by atoms with Gasteiger partial charge < -0.3 is 9.84 Å². The lowest BCUT2D eigenvalue weighted by Gasteiger charge is -2.05. The zero-order chi connectivity index (χ0) is 15.1. The first kappa shape index (κ1) is 14.9. The molecule has 0 bridgehead atoms. The zero-order valence-electron chi connectivity index (χ0n) is 12.0. The minimum atomic E-state index is -0.604. The Morgan fingerprint density at radius 3 is 2.19 bits per heavy atom. The summed E-state index contributed by atoms with van der Waals surface area (Å²) in [6.07, 6.45) is 1.12. The van der Waals surface area contributed by atoms with E-state index in [0.29, 0.717) is 6.61 Å². The summed E-state index contributed by atoms with van der Waals surface area (Å²) in [5.74, 6) is 6.49. The Morgan fingerprint density at radius 1 is 1.10 bits per heavy atom. The molecule has 2 aromatic rings. The molecule has 106 valence electrons. The summed E-state index contributed by atoms with van der Waals surface area (Å²) in [5, 5.41) is 9.14. The Bertz CT molecular complexity index is 641. The molecule has 0 saturated carbocycles. The first-order valence-corrected chi connectivity index (χ1v) is 6.83. The smallest absolute Gasteiger partial charge is 0.119 e. The van der Waals surface area contributed by atoms with Crippen molar-refractivity contribution in [1.29, 1.82) is 0 Å². The van der Waals surface area contributed by atoms with Gasteiger partial charge in [-0.15, -0.1) is 0 Å². The zero-order valence-corrected chi connectivity index (χ0v) is 12.0. The molecule has 2 heteroatoms. The highest BCUT2D eigenvalue weighted by molar-refractivity contribution is 5.65. The van der Waals surface area contributed by atoms with Gasteiger partial charge >= 0.3 is 0 Å². The van der Waals surface area contributed by atoms with Crippen molar-refractivity contribution in [3.05, 3.63) is 66.7 Å². The predicted octanol–water partition coefficient (Wildman–Crippen LogP) is 3.65. The summed E-state index contributed by atoms with van der Waals surface area (Å²) in [6, 6.07) is 15.9. The highest BCUT2D eigenvalue weighted by Gasteiger charge is 1.99. The third-order valence-electron chi connectivity index (χ3n) is 2.87.